The number of aliphatic hydroxyl groups is 1. The Morgan fingerprint density at radius 3 is 2.74 bits per heavy atom. The molecule has 1 aromatic carbocycles. The number of benzene rings is 1. The number of rotatable bonds is 7. The zero-order valence-corrected chi connectivity index (χ0v) is 17.3. The number of hydrogen-bond donors (Lipinski definition) is 2. The summed E-state index contributed by atoms with van der Waals surface area (Å²) in [5, 5.41) is 16.5. The molecule has 2 N–H and O–H groups in total. The van der Waals surface area contributed by atoms with Gasteiger partial charge < -0.3 is 19.6 Å². The van der Waals surface area contributed by atoms with Crippen molar-refractivity contribution in [1.29, 1.82) is 0 Å². The Labute approximate surface area is 163 Å². The van der Waals surface area contributed by atoms with Gasteiger partial charge in [0.25, 0.3) is 0 Å². The van der Waals surface area contributed by atoms with Crippen LogP contribution >= 0.6 is 0 Å². The summed E-state index contributed by atoms with van der Waals surface area (Å²) in [4.78, 5) is 0. The molecule has 1 aliphatic heterocycles. The molecule has 0 radical (unpaired) electrons. The molecule has 1 aromatic heterocycles. The molecule has 27 heavy (non-hydrogen) atoms. The molecule has 1 fully saturated rings. The van der Waals surface area contributed by atoms with Crippen LogP contribution < -0.4 is 5.32 Å². The molecule has 4 nitrogen and oxygen atoms in total. The first-order valence-corrected chi connectivity index (χ1v) is 10.3. The molecule has 4 heteroatoms. The molecule has 0 bridgehead atoms. The van der Waals surface area contributed by atoms with Crippen molar-refractivity contribution >= 4 is 11.0 Å². The summed E-state index contributed by atoms with van der Waals surface area (Å²) in [6.45, 7) is 9.10. The van der Waals surface area contributed by atoms with Crippen LogP contribution in [0.2, 0.25) is 0 Å². The molecule has 0 amide bonds. The highest BCUT2D eigenvalue weighted by Gasteiger charge is 2.40. The average molecular weight is 374 g/mol. The summed E-state index contributed by atoms with van der Waals surface area (Å²) in [7, 11) is 1.73. The van der Waals surface area contributed by atoms with Crippen molar-refractivity contribution in [2.24, 2.45) is 5.92 Å². The summed E-state index contributed by atoms with van der Waals surface area (Å²) in [6, 6.07) is 8.32. The van der Waals surface area contributed by atoms with E-state index in [-0.39, 0.29) is 11.3 Å². The Balaban J connectivity index is 2.01. The molecule has 1 unspecified atom stereocenters. The van der Waals surface area contributed by atoms with Crippen LogP contribution in [0, 0.1) is 5.92 Å². The molecule has 1 saturated heterocycles. The van der Waals surface area contributed by atoms with E-state index in [4.69, 9.17) is 9.15 Å². The first kappa shape index (κ1) is 20.4. The van der Waals surface area contributed by atoms with Gasteiger partial charge in [0.15, 0.2) is 0 Å². The number of hydrogen-bond acceptors (Lipinski definition) is 4. The third kappa shape index (κ3) is 4.39. The Morgan fingerprint density at radius 2 is 2.07 bits per heavy atom. The number of unbranched alkanes of at least 4 members (excludes halogenated alkanes) is 1. The van der Waals surface area contributed by atoms with Crippen LogP contribution in [0.25, 0.3) is 11.0 Å². The zero-order chi connectivity index (χ0) is 19.5. The normalized spacial score (nSPS) is 20.7. The molecule has 2 aromatic rings. The molecule has 1 aliphatic rings. The predicted molar refractivity (Wildman–Crippen MR) is 110 cm³/mol. The van der Waals surface area contributed by atoms with E-state index in [1.807, 2.05) is 0 Å². The maximum absolute atomic E-state index is 12.0. The Morgan fingerprint density at radius 1 is 1.26 bits per heavy atom. The van der Waals surface area contributed by atoms with Crippen LogP contribution in [-0.2, 0) is 15.8 Å². The predicted octanol–water partition coefficient (Wildman–Crippen LogP) is 4.73. The first-order valence-electron chi connectivity index (χ1n) is 10.3. The van der Waals surface area contributed by atoms with Gasteiger partial charge in [0.1, 0.15) is 11.3 Å². The molecule has 0 saturated carbocycles. The second kappa shape index (κ2) is 8.34. The van der Waals surface area contributed by atoms with Gasteiger partial charge in [0, 0.05) is 42.5 Å². The van der Waals surface area contributed by atoms with Crippen molar-refractivity contribution in [3.05, 3.63) is 35.6 Å². The molecule has 2 atom stereocenters. The second-order valence-corrected chi connectivity index (χ2v) is 9.00. The van der Waals surface area contributed by atoms with Crippen molar-refractivity contribution in [2.75, 3.05) is 26.8 Å². The van der Waals surface area contributed by atoms with Gasteiger partial charge in [-0.15, -0.1) is 0 Å². The van der Waals surface area contributed by atoms with Crippen LogP contribution in [0.3, 0.4) is 0 Å². The van der Waals surface area contributed by atoms with Crippen molar-refractivity contribution in [1.82, 2.24) is 5.32 Å². The lowest BCUT2D eigenvalue weighted by atomic mass is 9.74. The SMILES string of the molecule is COCCCCC(O)(c1cccc2cc(C(C)(C)C)oc12)[C@@H]1CCCNC1. The number of nitrogens with one attached hydrogen (secondary N) is 1. The third-order valence-electron chi connectivity index (χ3n) is 5.88. The van der Waals surface area contributed by atoms with Gasteiger partial charge >= 0.3 is 0 Å². The van der Waals surface area contributed by atoms with Crippen LogP contribution in [0.15, 0.2) is 28.7 Å². The van der Waals surface area contributed by atoms with Gasteiger partial charge in [0.05, 0.1) is 5.60 Å². The minimum atomic E-state index is -0.881. The number of methoxy groups -OCH3 is 1. The number of ether oxygens (including phenoxy) is 1. The standard InChI is InChI=1S/C23H35NO3/c1-22(2,3)20-15-17-9-7-11-19(21(17)27-20)23(25,12-5-6-14-26-4)18-10-8-13-24-16-18/h7,9,11,15,18,24-25H,5-6,8,10,12-14,16H2,1-4H3/t18-,23?/m1/s1. The van der Waals surface area contributed by atoms with Gasteiger partial charge in [-0.1, -0.05) is 39.0 Å². The van der Waals surface area contributed by atoms with E-state index in [1.165, 1.54) is 0 Å². The summed E-state index contributed by atoms with van der Waals surface area (Å²) in [5.74, 6) is 1.16. The Hall–Kier alpha value is -1.36. The largest absolute Gasteiger partial charge is 0.460 e. The number of para-hydroxylation sites is 1. The fourth-order valence-electron chi connectivity index (χ4n) is 4.23. The van der Waals surface area contributed by atoms with Crippen molar-refractivity contribution in [2.45, 2.75) is 63.9 Å². The molecule has 150 valence electrons. The molecule has 3 rings (SSSR count). The van der Waals surface area contributed by atoms with E-state index in [0.29, 0.717) is 0 Å². The van der Waals surface area contributed by atoms with Gasteiger partial charge in [-0.3, -0.25) is 0 Å². The lowest BCUT2D eigenvalue weighted by Crippen LogP contribution is -2.44. The number of fused-ring (bicyclic) bond motifs is 1. The number of furan rings is 1. The topological polar surface area (TPSA) is 54.6 Å². The molecular formula is C23H35NO3. The quantitative estimate of drug-likeness (QED) is 0.689. The highest BCUT2D eigenvalue weighted by atomic mass is 16.5. The lowest BCUT2D eigenvalue weighted by molar-refractivity contribution is -0.0428. The van der Waals surface area contributed by atoms with E-state index in [0.717, 1.165) is 74.1 Å². The summed E-state index contributed by atoms with van der Waals surface area (Å²) in [6.07, 6.45) is 4.77. The van der Waals surface area contributed by atoms with E-state index < -0.39 is 5.60 Å². The van der Waals surface area contributed by atoms with Crippen LogP contribution in [0.1, 0.15) is 64.2 Å². The molecule has 2 heterocycles. The van der Waals surface area contributed by atoms with Crippen molar-refractivity contribution in [3.63, 3.8) is 0 Å². The smallest absolute Gasteiger partial charge is 0.140 e. The zero-order valence-electron chi connectivity index (χ0n) is 17.3. The molecule has 0 spiro atoms. The highest BCUT2D eigenvalue weighted by Crippen LogP contribution is 2.43. The monoisotopic (exact) mass is 373 g/mol. The minimum Gasteiger partial charge on any atom is -0.460 e. The fraction of sp³-hybridized carbons (Fsp3) is 0.652. The first-order chi connectivity index (χ1) is 12.9. The fourth-order valence-corrected chi connectivity index (χ4v) is 4.23. The second-order valence-electron chi connectivity index (χ2n) is 9.00. The summed E-state index contributed by atoms with van der Waals surface area (Å²) >= 11 is 0. The molecule has 0 aliphatic carbocycles. The average Bonchev–Trinajstić information content (AvgIpc) is 3.10. The van der Waals surface area contributed by atoms with Crippen LogP contribution in [0.4, 0.5) is 0 Å². The number of piperidine rings is 1. The van der Waals surface area contributed by atoms with E-state index in [2.05, 4.69) is 50.4 Å². The molecular weight excluding hydrogens is 338 g/mol. The Kier molecular flexibility index (Phi) is 6.29. The van der Waals surface area contributed by atoms with E-state index >= 15 is 0 Å². The minimum absolute atomic E-state index is 0.0563. The summed E-state index contributed by atoms with van der Waals surface area (Å²) in [5.41, 5.74) is 0.858. The maximum atomic E-state index is 12.0. The van der Waals surface area contributed by atoms with Crippen LogP contribution in [0.5, 0.6) is 0 Å². The summed E-state index contributed by atoms with van der Waals surface area (Å²) < 4.78 is 11.5. The highest BCUT2D eigenvalue weighted by molar-refractivity contribution is 5.82. The van der Waals surface area contributed by atoms with E-state index in [9.17, 15) is 5.11 Å². The van der Waals surface area contributed by atoms with Gasteiger partial charge in [0.2, 0.25) is 0 Å². The lowest BCUT2D eigenvalue weighted by Gasteiger charge is -2.39. The van der Waals surface area contributed by atoms with E-state index in [1.54, 1.807) is 7.11 Å². The van der Waals surface area contributed by atoms with Crippen molar-refractivity contribution in [3.8, 4) is 0 Å². The third-order valence-corrected chi connectivity index (χ3v) is 5.88. The van der Waals surface area contributed by atoms with Gasteiger partial charge in [-0.2, -0.15) is 0 Å². The van der Waals surface area contributed by atoms with Gasteiger partial charge in [-0.05, 0) is 44.7 Å². The maximum Gasteiger partial charge on any atom is 0.140 e. The Bertz CT molecular complexity index is 740. The van der Waals surface area contributed by atoms with Crippen molar-refractivity contribution < 1.29 is 14.3 Å². The van der Waals surface area contributed by atoms with Crippen LogP contribution in [-0.4, -0.2) is 31.9 Å². The van der Waals surface area contributed by atoms with Gasteiger partial charge in [-0.25, -0.2) is 0 Å².